The maximum absolute atomic E-state index is 13.9. The Hall–Kier alpha value is -5.01. The molecule has 7 heteroatoms. The van der Waals surface area contributed by atoms with Gasteiger partial charge < -0.3 is 14.8 Å². The van der Waals surface area contributed by atoms with Crippen LogP contribution in [0.4, 0.5) is 0 Å². The summed E-state index contributed by atoms with van der Waals surface area (Å²) in [6.07, 6.45) is 2.20. The Balaban J connectivity index is 1.20. The van der Waals surface area contributed by atoms with E-state index in [4.69, 9.17) is 26.1 Å². The molecular weight excluding hydrogens is 630 g/mol. The zero-order chi connectivity index (χ0) is 33.4. The van der Waals surface area contributed by atoms with Gasteiger partial charge in [0.1, 0.15) is 17.9 Å². The number of carbonyl (C=O) groups excluding carboxylic acids is 1. The van der Waals surface area contributed by atoms with Gasteiger partial charge in [0.25, 0.3) is 5.91 Å². The van der Waals surface area contributed by atoms with E-state index >= 15 is 0 Å². The summed E-state index contributed by atoms with van der Waals surface area (Å²) in [7, 11) is 0. The first-order chi connectivity index (χ1) is 24.1. The highest BCUT2D eigenvalue weighted by Crippen LogP contribution is 2.37. The molecule has 1 unspecified atom stereocenters. The Bertz CT molecular complexity index is 2000. The zero-order valence-electron chi connectivity index (χ0n) is 27.2. The molecular formula is C42H38ClN3O3. The van der Waals surface area contributed by atoms with Crippen molar-refractivity contribution in [3.8, 4) is 16.9 Å². The van der Waals surface area contributed by atoms with E-state index in [0.29, 0.717) is 34.9 Å². The van der Waals surface area contributed by atoms with Crippen molar-refractivity contribution < 1.29 is 14.3 Å². The van der Waals surface area contributed by atoms with Crippen molar-refractivity contribution in [3.05, 3.63) is 166 Å². The molecule has 0 radical (unpaired) electrons. The summed E-state index contributed by atoms with van der Waals surface area (Å²) in [6.45, 7) is 4.60. The van der Waals surface area contributed by atoms with Crippen LogP contribution in [0.1, 0.15) is 38.7 Å². The van der Waals surface area contributed by atoms with Gasteiger partial charge in [0.15, 0.2) is 0 Å². The number of halogens is 1. The number of pyridine rings is 1. The zero-order valence-corrected chi connectivity index (χ0v) is 28.0. The maximum atomic E-state index is 13.9. The Morgan fingerprint density at radius 2 is 1.51 bits per heavy atom. The number of ether oxygens (including phenoxy) is 2. The van der Waals surface area contributed by atoms with Gasteiger partial charge in [-0.2, -0.15) is 0 Å². The van der Waals surface area contributed by atoms with Gasteiger partial charge in [-0.15, -0.1) is 0 Å². The number of aromatic nitrogens is 1. The number of morpholine rings is 1. The molecule has 1 amide bonds. The van der Waals surface area contributed by atoms with Crippen LogP contribution in [0, 0.1) is 0 Å². The molecule has 6 nitrogen and oxygen atoms in total. The smallest absolute Gasteiger partial charge is 0.251 e. The van der Waals surface area contributed by atoms with Gasteiger partial charge in [-0.25, -0.2) is 0 Å². The highest BCUT2D eigenvalue weighted by Gasteiger charge is 2.22. The average Bonchev–Trinajstić information content (AvgIpc) is 3.16. The molecule has 1 aromatic heterocycles. The lowest BCUT2D eigenvalue weighted by molar-refractivity contribution is 0.0342. The SMILES string of the molecule is O=C(NC(Cc1cc(Cl)c2cccnc2c1OCc1ccccc1)c1ccc(CN2CCOCC2)cc1)c1ccc(-c2ccccc2)cc1. The van der Waals surface area contributed by atoms with E-state index in [9.17, 15) is 4.79 Å². The first-order valence-electron chi connectivity index (χ1n) is 16.7. The monoisotopic (exact) mass is 667 g/mol. The second-order valence-corrected chi connectivity index (χ2v) is 12.7. The van der Waals surface area contributed by atoms with Gasteiger partial charge in [-0.3, -0.25) is 14.7 Å². The quantitative estimate of drug-likeness (QED) is 0.150. The summed E-state index contributed by atoms with van der Waals surface area (Å²) in [5.41, 5.74) is 7.58. The van der Waals surface area contributed by atoms with E-state index < -0.39 is 0 Å². The normalized spacial score (nSPS) is 14.0. The fourth-order valence-electron chi connectivity index (χ4n) is 6.30. The Kier molecular flexibility index (Phi) is 10.3. The van der Waals surface area contributed by atoms with Gasteiger partial charge in [-0.1, -0.05) is 109 Å². The third-order valence-electron chi connectivity index (χ3n) is 8.97. The number of hydrogen-bond donors (Lipinski definition) is 1. The van der Waals surface area contributed by atoms with Crippen LogP contribution in [0.5, 0.6) is 5.75 Å². The van der Waals surface area contributed by atoms with Crippen LogP contribution in [0.2, 0.25) is 5.02 Å². The Morgan fingerprint density at radius 3 is 2.24 bits per heavy atom. The summed E-state index contributed by atoms with van der Waals surface area (Å²) in [5.74, 6) is 0.512. The summed E-state index contributed by atoms with van der Waals surface area (Å²) in [5, 5.41) is 4.75. The van der Waals surface area contributed by atoms with E-state index in [1.807, 2.05) is 91.0 Å². The van der Waals surface area contributed by atoms with Gasteiger partial charge in [0.2, 0.25) is 0 Å². The second-order valence-electron chi connectivity index (χ2n) is 12.3. The lowest BCUT2D eigenvalue weighted by Crippen LogP contribution is -2.35. The van der Waals surface area contributed by atoms with Crippen molar-refractivity contribution in [2.24, 2.45) is 0 Å². The molecule has 1 aliphatic rings. The van der Waals surface area contributed by atoms with Crippen molar-refractivity contribution in [2.75, 3.05) is 26.3 Å². The summed E-state index contributed by atoms with van der Waals surface area (Å²) in [4.78, 5) is 21.0. The van der Waals surface area contributed by atoms with E-state index in [1.165, 1.54) is 5.56 Å². The number of nitrogens with zero attached hydrogens (tertiary/aromatic N) is 2. The molecule has 0 aliphatic carbocycles. The summed E-state index contributed by atoms with van der Waals surface area (Å²) >= 11 is 6.86. The molecule has 49 heavy (non-hydrogen) atoms. The third kappa shape index (κ3) is 8.01. The minimum absolute atomic E-state index is 0.154. The molecule has 6 aromatic rings. The van der Waals surface area contributed by atoms with E-state index in [2.05, 4.69) is 46.6 Å². The molecule has 1 fully saturated rings. The number of nitrogens with one attached hydrogen (secondary N) is 1. The van der Waals surface area contributed by atoms with Crippen LogP contribution < -0.4 is 10.1 Å². The number of hydrogen-bond acceptors (Lipinski definition) is 5. The van der Waals surface area contributed by atoms with Crippen LogP contribution in [0.15, 0.2) is 134 Å². The molecule has 7 rings (SSSR count). The topological polar surface area (TPSA) is 63.7 Å². The van der Waals surface area contributed by atoms with Crippen molar-refractivity contribution >= 4 is 28.4 Å². The number of fused-ring (bicyclic) bond motifs is 1. The van der Waals surface area contributed by atoms with Crippen LogP contribution in [-0.4, -0.2) is 42.1 Å². The van der Waals surface area contributed by atoms with Crippen molar-refractivity contribution in [2.45, 2.75) is 25.6 Å². The molecule has 1 N–H and O–H groups in total. The number of amides is 1. The molecule has 1 atom stereocenters. The molecule has 1 saturated heterocycles. The highest BCUT2D eigenvalue weighted by molar-refractivity contribution is 6.35. The summed E-state index contributed by atoms with van der Waals surface area (Å²) < 4.78 is 12.1. The molecule has 0 spiro atoms. The Labute approximate surface area is 292 Å². The minimum Gasteiger partial charge on any atom is -0.486 e. The highest BCUT2D eigenvalue weighted by atomic mass is 35.5. The van der Waals surface area contributed by atoms with E-state index in [1.54, 1.807) is 6.20 Å². The molecule has 2 heterocycles. The first-order valence-corrected chi connectivity index (χ1v) is 17.1. The fourth-order valence-corrected chi connectivity index (χ4v) is 6.59. The first kappa shape index (κ1) is 32.5. The lowest BCUT2D eigenvalue weighted by Gasteiger charge is -2.27. The van der Waals surface area contributed by atoms with Gasteiger partial charge >= 0.3 is 0 Å². The van der Waals surface area contributed by atoms with E-state index in [-0.39, 0.29) is 11.9 Å². The minimum atomic E-state index is -0.366. The predicted molar refractivity (Wildman–Crippen MR) is 196 cm³/mol. The largest absolute Gasteiger partial charge is 0.486 e. The average molecular weight is 668 g/mol. The second kappa shape index (κ2) is 15.5. The van der Waals surface area contributed by atoms with Crippen LogP contribution in [0.3, 0.4) is 0 Å². The van der Waals surface area contributed by atoms with Gasteiger partial charge in [-0.05, 0) is 58.1 Å². The van der Waals surface area contributed by atoms with Crippen molar-refractivity contribution in [1.82, 2.24) is 15.2 Å². The van der Waals surface area contributed by atoms with Crippen molar-refractivity contribution in [3.63, 3.8) is 0 Å². The summed E-state index contributed by atoms with van der Waals surface area (Å²) in [6, 6.07) is 41.9. The van der Waals surface area contributed by atoms with Gasteiger partial charge in [0, 0.05) is 48.8 Å². The Morgan fingerprint density at radius 1 is 0.816 bits per heavy atom. The number of carbonyl (C=O) groups is 1. The van der Waals surface area contributed by atoms with Crippen LogP contribution in [0.25, 0.3) is 22.0 Å². The third-order valence-corrected chi connectivity index (χ3v) is 9.29. The standard InChI is InChI=1S/C42H38ClN3O3/c43-38-26-36(41(40-37(38)12-7-21-44-40)49-29-31-8-3-1-4-9-31)27-39(34-15-13-30(14-16-34)28-46-22-24-48-25-23-46)45-42(47)35-19-17-33(18-20-35)32-10-5-2-6-11-32/h1-21,26,39H,22-25,27-29H2,(H,45,47). The van der Waals surface area contributed by atoms with Gasteiger partial charge in [0.05, 0.1) is 24.3 Å². The maximum Gasteiger partial charge on any atom is 0.251 e. The fraction of sp³-hybridized carbons (Fsp3) is 0.190. The molecule has 0 bridgehead atoms. The van der Waals surface area contributed by atoms with Crippen LogP contribution >= 0.6 is 11.6 Å². The molecule has 246 valence electrons. The molecule has 1 aliphatic heterocycles. The number of benzene rings is 5. The van der Waals surface area contributed by atoms with Crippen LogP contribution in [-0.2, 0) is 24.3 Å². The number of rotatable bonds is 11. The predicted octanol–water partition coefficient (Wildman–Crippen LogP) is 8.68. The van der Waals surface area contributed by atoms with E-state index in [0.717, 1.165) is 66.1 Å². The van der Waals surface area contributed by atoms with Crippen molar-refractivity contribution in [1.29, 1.82) is 0 Å². The lowest BCUT2D eigenvalue weighted by atomic mass is 9.95. The molecule has 0 saturated carbocycles. The molecule has 5 aromatic carbocycles.